The van der Waals surface area contributed by atoms with Crippen molar-refractivity contribution in [3.05, 3.63) is 39.4 Å². The number of piperidine rings is 1. The van der Waals surface area contributed by atoms with Crippen molar-refractivity contribution in [3.63, 3.8) is 0 Å². The van der Waals surface area contributed by atoms with E-state index in [2.05, 4.69) is 13.8 Å². The molecule has 1 aliphatic rings. The van der Waals surface area contributed by atoms with Gasteiger partial charge >= 0.3 is 0 Å². The number of non-ortho nitro benzene ring substituents is 1. The minimum atomic E-state index is -0.453. The van der Waals surface area contributed by atoms with Crippen molar-refractivity contribution in [3.8, 4) is 0 Å². The highest BCUT2D eigenvalue weighted by Gasteiger charge is 2.27. The zero-order chi connectivity index (χ0) is 14.9. The number of likely N-dealkylation sites (tertiary alicyclic amines) is 1. The van der Waals surface area contributed by atoms with E-state index >= 15 is 0 Å². The smallest absolute Gasteiger partial charge is 0.270 e. The molecule has 1 aromatic rings. The van der Waals surface area contributed by atoms with Crippen LogP contribution >= 0.6 is 0 Å². The molecule has 2 unspecified atom stereocenters. The van der Waals surface area contributed by atoms with Crippen LogP contribution in [0.25, 0.3) is 0 Å². The summed E-state index contributed by atoms with van der Waals surface area (Å²) in [5.74, 6) is 0.847. The molecule has 1 amide bonds. The van der Waals surface area contributed by atoms with Gasteiger partial charge in [-0.05, 0) is 36.8 Å². The summed E-state index contributed by atoms with van der Waals surface area (Å²) in [5.41, 5.74) is 1.13. The Morgan fingerprint density at radius 1 is 1.25 bits per heavy atom. The fraction of sp³-hybridized carbons (Fsp3) is 0.533. The molecule has 1 saturated heterocycles. The molecule has 2 rings (SSSR count). The van der Waals surface area contributed by atoms with E-state index in [0.717, 1.165) is 25.1 Å². The first-order valence-electron chi connectivity index (χ1n) is 6.92. The molecule has 0 bridgehead atoms. The van der Waals surface area contributed by atoms with Gasteiger partial charge in [-0.2, -0.15) is 0 Å². The predicted molar refractivity (Wildman–Crippen MR) is 76.7 cm³/mol. The average molecular weight is 276 g/mol. The number of nitro groups is 1. The summed E-state index contributed by atoms with van der Waals surface area (Å²) in [6, 6.07) is 4.58. The lowest BCUT2D eigenvalue weighted by Gasteiger charge is -2.35. The number of hydrogen-bond acceptors (Lipinski definition) is 3. The summed E-state index contributed by atoms with van der Waals surface area (Å²) >= 11 is 0. The number of amides is 1. The second kappa shape index (κ2) is 5.61. The lowest BCUT2D eigenvalue weighted by molar-refractivity contribution is -0.384. The molecule has 5 nitrogen and oxygen atoms in total. The number of carbonyl (C=O) groups is 1. The van der Waals surface area contributed by atoms with E-state index in [0.29, 0.717) is 17.4 Å². The van der Waals surface area contributed by atoms with Gasteiger partial charge in [-0.25, -0.2) is 0 Å². The molecule has 20 heavy (non-hydrogen) atoms. The quantitative estimate of drug-likeness (QED) is 0.616. The highest BCUT2D eigenvalue weighted by Crippen LogP contribution is 2.24. The van der Waals surface area contributed by atoms with Crippen LogP contribution < -0.4 is 0 Å². The van der Waals surface area contributed by atoms with E-state index in [1.54, 1.807) is 13.0 Å². The SMILES string of the molecule is Cc1cc(C(=O)N2CC(C)CC(C)C2)cc([N+](=O)[O-])c1. The van der Waals surface area contributed by atoms with E-state index in [4.69, 9.17) is 0 Å². The summed E-state index contributed by atoms with van der Waals surface area (Å²) in [7, 11) is 0. The standard InChI is InChI=1S/C15H20N2O3/c1-10-5-13(7-14(6-10)17(19)20)15(18)16-8-11(2)4-12(3)9-16/h5-7,11-12H,4,8-9H2,1-3H3. The van der Waals surface area contributed by atoms with Crippen LogP contribution in [0.4, 0.5) is 5.69 Å². The summed E-state index contributed by atoms with van der Waals surface area (Å²) < 4.78 is 0. The monoisotopic (exact) mass is 276 g/mol. The third-order valence-corrected chi connectivity index (χ3v) is 3.68. The van der Waals surface area contributed by atoms with E-state index < -0.39 is 4.92 Å². The zero-order valence-corrected chi connectivity index (χ0v) is 12.1. The molecule has 0 N–H and O–H groups in total. The maximum atomic E-state index is 12.5. The summed E-state index contributed by atoms with van der Waals surface area (Å²) in [6.07, 6.45) is 1.12. The average Bonchev–Trinajstić information content (AvgIpc) is 2.35. The second-order valence-corrected chi connectivity index (χ2v) is 5.97. The Balaban J connectivity index is 2.26. The molecule has 1 aromatic carbocycles. The van der Waals surface area contributed by atoms with Crippen molar-refractivity contribution < 1.29 is 9.72 Å². The van der Waals surface area contributed by atoms with Crippen molar-refractivity contribution in [1.82, 2.24) is 4.90 Å². The minimum absolute atomic E-state index is 0.0218. The fourth-order valence-corrected chi connectivity index (χ4v) is 3.00. The number of aryl methyl sites for hydroxylation is 1. The Kier molecular flexibility index (Phi) is 4.06. The summed E-state index contributed by atoms with van der Waals surface area (Å²) in [6.45, 7) is 7.49. The van der Waals surface area contributed by atoms with Crippen LogP contribution in [0, 0.1) is 28.9 Å². The largest absolute Gasteiger partial charge is 0.338 e. The van der Waals surface area contributed by atoms with E-state index in [-0.39, 0.29) is 11.6 Å². The number of nitrogens with zero attached hydrogens (tertiary/aromatic N) is 2. The maximum Gasteiger partial charge on any atom is 0.270 e. The van der Waals surface area contributed by atoms with Gasteiger partial charge in [-0.3, -0.25) is 14.9 Å². The van der Waals surface area contributed by atoms with Gasteiger partial charge in [0.15, 0.2) is 0 Å². The molecule has 1 aliphatic heterocycles. The topological polar surface area (TPSA) is 63.5 Å². The molecule has 0 spiro atoms. The van der Waals surface area contributed by atoms with Gasteiger partial charge < -0.3 is 4.90 Å². The predicted octanol–water partition coefficient (Wildman–Crippen LogP) is 3.02. The third-order valence-electron chi connectivity index (χ3n) is 3.68. The second-order valence-electron chi connectivity index (χ2n) is 5.97. The molecule has 0 aliphatic carbocycles. The van der Waals surface area contributed by atoms with Gasteiger partial charge in [0.25, 0.3) is 11.6 Å². The van der Waals surface area contributed by atoms with Crippen molar-refractivity contribution >= 4 is 11.6 Å². The van der Waals surface area contributed by atoms with E-state index in [9.17, 15) is 14.9 Å². The first-order valence-corrected chi connectivity index (χ1v) is 6.92. The van der Waals surface area contributed by atoms with Crippen molar-refractivity contribution in [2.75, 3.05) is 13.1 Å². The molecule has 5 heteroatoms. The number of carbonyl (C=O) groups excluding carboxylic acids is 1. The molecular weight excluding hydrogens is 256 g/mol. The number of benzene rings is 1. The van der Waals surface area contributed by atoms with Crippen LogP contribution in [0.5, 0.6) is 0 Å². The van der Waals surface area contributed by atoms with Crippen LogP contribution in [-0.2, 0) is 0 Å². The van der Waals surface area contributed by atoms with Crippen LogP contribution in [0.15, 0.2) is 18.2 Å². The molecule has 108 valence electrons. The molecule has 0 aromatic heterocycles. The maximum absolute atomic E-state index is 12.5. The van der Waals surface area contributed by atoms with E-state index in [1.807, 2.05) is 4.90 Å². The van der Waals surface area contributed by atoms with Gasteiger partial charge in [-0.15, -0.1) is 0 Å². The lowest BCUT2D eigenvalue weighted by Crippen LogP contribution is -2.42. The van der Waals surface area contributed by atoms with Crippen LogP contribution in [0.3, 0.4) is 0 Å². The molecule has 0 saturated carbocycles. The number of rotatable bonds is 2. The first kappa shape index (κ1) is 14.5. The number of nitro benzene ring substituents is 1. The van der Waals surface area contributed by atoms with Crippen molar-refractivity contribution in [2.45, 2.75) is 27.2 Å². The van der Waals surface area contributed by atoms with Gasteiger partial charge in [0, 0.05) is 30.8 Å². The normalized spacial score (nSPS) is 22.6. The molecule has 1 fully saturated rings. The van der Waals surface area contributed by atoms with Crippen molar-refractivity contribution in [1.29, 1.82) is 0 Å². The highest BCUT2D eigenvalue weighted by molar-refractivity contribution is 5.95. The highest BCUT2D eigenvalue weighted by atomic mass is 16.6. The Morgan fingerprint density at radius 3 is 2.40 bits per heavy atom. The lowest BCUT2D eigenvalue weighted by atomic mass is 9.91. The van der Waals surface area contributed by atoms with Gasteiger partial charge in [0.05, 0.1) is 4.92 Å². The van der Waals surface area contributed by atoms with Gasteiger partial charge in [0.1, 0.15) is 0 Å². The van der Waals surface area contributed by atoms with Gasteiger partial charge in [0.2, 0.25) is 0 Å². The Hall–Kier alpha value is -1.91. The Labute approximate surface area is 118 Å². The Morgan fingerprint density at radius 2 is 1.85 bits per heavy atom. The molecular formula is C15H20N2O3. The molecule has 2 atom stereocenters. The van der Waals surface area contributed by atoms with Crippen LogP contribution in [0.2, 0.25) is 0 Å². The summed E-state index contributed by atoms with van der Waals surface area (Å²) in [4.78, 5) is 24.8. The van der Waals surface area contributed by atoms with E-state index in [1.165, 1.54) is 12.1 Å². The van der Waals surface area contributed by atoms with Crippen LogP contribution in [0.1, 0.15) is 36.2 Å². The van der Waals surface area contributed by atoms with Crippen molar-refractivity contribution in [2.24, 2.45) is 11.8 Å². The first-order chi connectivity index (χ1) is 9.36. The fourth-order valence-electron chi connectivity index (χ4n) is 3.00. The minimum Gasteiger partial charge on any atom is -0.338 e. The third kappa shape index (κ3) is 3.15. The Bertz CT molecular complexity index is 532. The number of hydrogen-bond donors (Lipinski definition) is 0. The zero-order valence-electron chi connectivity index (χ0n) is 12.1. The summed E-state index contributed by atoms with van der Waals surface area (Å²) in [5, 5.41) is 10.9. The molecule has 0 radical (unpaired) electrons. The van der Waals surface area contributed by atoms with Gasteiger partial charge in [-0.1, -0.05) is 13.8 Å². The molecule has 1 heterocycles. The van der Waals surface area contributed by atoms with Crippen LogP contribution in [-0.4, -0.2) is 28.8 Å².